The third-order valence-electron chi connectivity index (χ3n) is 3.62. The van der Waals surface area contributed by atoms with Crippen LogP contribution in [-0.2, 0) is 28.5 Å². The minimum absolute atomic E-state index is 0. The second-order valence-electron chi connectivity index (χ2n) is 5.67. The van der Waals surface area contributed by atoms with E-state index < -0.39 is 36.6 Å². The van der Waals surface area contributed by atoms with Gasteiger partial charge in [-0.15, -0.1) is 0 Å². The molecular weight excluding hydrogens is 517 g/mol. The molecule has 30 heavy (non-hydrogen) atoms. The van der Waals surface area contributed by atoms with E-state index >= 15 is 0 Å². The molecule has 1 N–H and O–H groups in total. The van der Waals surface area contributed by atoms with Crippen LogP contribution in [0.4, 0.5) is 4.39 Å². The van der Waals surface area contributed by atoms with Gasteiger partial charge in [0.2, 0.25) is 0 Å². The van der Waals surface area contributed by atoms with Crippen LogP contribution in [0.15, 0.2) is 41.9 Å². The van der Waals surface area contributed by atoms with Crippen molar-refractivity contribution in [3.8, 4) is 5.75 Å². The van der Waals surface area contributed by atoms with Gasteiger partial charge >= 0.3 is 155 Å². The summed E-state index contributed by atoms with van der Waals surface area (Å²) in [7, 11) is -0.839. The zero-order valence-electron chi connectivity index (χ0n) is 16.6. The number of carbonyl (C=O) groups excluding carboxylic acids is 1. The summed E-state index contributed by atoms with van der Waals surface area (Å²) in [4.78, 5) is 14.2. The summed E-state index contributed by atoms with van der Waals surface area (Å²) in [5.74, 6) is -0.328. The first-order chi connectivity index (χ1) is 13.8. The molecule has 10 heteroatoms. The van der Waals surface area contributed by atoms with Crippen LogP contribution in [0.2, 0.25) is 0 Å². The summed E-state index contributed by atoms with van der Waals surface area (Å²) >= 11 is -1.38. The van der Waals surface area contributed by atoms with Crippen LogP contribution in [0, 0.1) is 18.8 Å². The van der Waals surface area contributed by atoms with Crippen LogP contribution >= 0.6 is 19.8 Å². The van der Waals surface area contributed by atoms with E-state index in [0.29, 0.717) is 5.36 Å². The molecule has 0 saturated heterocycles. The van der Waals surface area contributed by atoms with E-state index in [0.717, 1.165) is 25.5 Å². The van der Waals surface area contributed by atoms with Crippen molar-refractivity contribution in [3.05, 3.63) is 77.4 Å². The molecule has 0 radical (unpaired) electrons. The van der Waals surface area contributed by atoms with Crippen molar-refractivity contribution in [2.75, 3.05) is 11.7 Å². The minimum Gasteiger partial charge on any atom is -0.416 e. The first-order valence-electron chi connectivity index (χ1n) is 8.18. The largest absolute Gasteiger partial charge is 1.00 e. The van der Waals surface area contributed by atoms with E-state index in [9.17, 15) is 17.6 Å². The Morgan fingerprint density at radius 3 is 2.60 bits per heavy atom. The van der Waals surface area contributed by atoms with Crippen molar-refractivity contribution < 1.29 is 41.2 Å². The van der Waals surface area contributed by atoms with Gasteiger partial charge in [-0.25, -0.2) is 0 Å². The van der Waals surface area contributed by atoms with Gasteiger partial charge in [0.15, 0.2) is 0 Å². The smallest absolute Gasteiger partial charge is 0.416 e. The van der Waals surface area contributed by atoms with Crippen LogP contribution < -0.4 is 38.9 Å². The predicted octanol–water partition coefficient (Wildman–Crippen LogP) is -0.522. The summed E-state index contributed by atoms with van der Waals surface area (Å²) in [6.07, 6.45) is 1.69. The van der Waals surface area contributed by atoms with Gasteiger partial charge in [-0.3, -0.25) is 0 Å². The van der Waals surface area contributed by atoms with Crippen LogP contribution in [0.3, 0.4) is 0 Å². The van der Waals surface area contributed by atoms with Crippen molar-refractivity contribution in [1.82, 2.24) is 4.72 Å². The maximum absolute atomic E-state index is 13.5. The number of nitrogens with one attached hydrogen (secondary N) is 1. The van der Waals surface area contributed by atoms with Crippen LogP contribution in [-0.4, -0.2) is 17.6 Å². The van der Waals surface area contributed by atoms with Gasteiger partial charge in [-0.1, -0.05) is 0 Å². The molecule has 3 rings (SSSR count). The Labute approximate surface area is 196 Å². The molecule has 2 aromatic carbocycles. The van der Waals surface area contributed by atoms with E-state index in [1.165, 1.54) is 16.4 Å². The van der Waals surface area contributed by atoms with E-state index in [1.54, 1.807) is 13.2 Å². The molecule has 0 aliphatic carbocycles. The Morgan fingerprint density at radius 2 is 2.10 bits per heavy atom. The van der Waals surface area contributed by atoms with E-state index in [2.05, 4.69) is 40.8 Å². The molecule has 0 spiro atoms. The monoisotopic (exact) mass is 536 g/mol. The number of hydrogen-bond acceptors (Lipinski definition) is 6. The molecule has 1 heterocycles. The molecule has 0 aromatic heterocycles. The number of methoxy groups -OCH3 is 1. The maximum Gasteiger partial charge on any atom is 1.00 e. The molecule has 1 amide bonds. The van der Waals surface area contributed by atoms with Gasteiger partial charge in [0.1, 0.15) is 0 Å². The summed E-state index contributed by atoms with van der Waals surface area (Å²) in [6, 6.07) is 12.3. The Bertz CT molecular complexity index is 1080. The third-order valence-corrected chi connectivity index (χ3v) is 8.60. The summed E-state index contributed by atoms with van der Waals surface area (Å²) in [5, 5.41) is 1.64. The van der Waals surface area contributed by atoms with Gasteiger partial charge in [0.05, 0.1) is 5.91 Å². The molecule has 2 aromatic rings. The fraction of sp³-hybridized carbons (Fsp3) is 0.150. The quantitative estimate of drug-likeness (QED) is 0.139. The van der Waals surface area contributed by atoms with Crippen molar-refractivity contribution in [2.24, 2.45) is 4.99 Å². The normalized spacial score (nSPS) is 12.7. The van der Waals surface area contributed by atoms with E-state index in [1.807, 2.05) is 12.1 Å². The fourth-order valence-corrected chi connectivity index (χ4v) is 7.19. The molecule has 0 fully saturated rings. The zero-order chi connectivity index (χ0) is 21.4. The number of halogens is 2. The second kappa shape index (κ2) is 12.8. The molecule has 0 saturated carbocycles. The zero-order valence-corrected chi connectivity index (χ0v) is 19.6. The Balaban J connectivity index is 0.000000489. The first-order valence-corrected chi connectivity index (χ1v) is 13.5. The maximum atomic E-state index is 13.5. The van der Waals surface area contributed by atoms with Crippen molar-refractivity contribution >= 4 is 46.8 Å². The number of ether oxygens (including phenoxy) is 1. The summed E-state index contributed by atoms with van der Waals surface area (Å²) in [6.45, 7) is 6.51. The first kappa shape index (κ1) is 26.2. The van der Waals surface area contributed by atoms with Crippen molar-refractivity contribution in [3.63, 3.8) is 0 Å². The van der Waals surface area contributed by atoms with Gasteiger partial charge in [-0.05, 0) is 0 Å². The second-order valence-corrected chi connectivity index (χ2v) is 11.2. The standard InChI is InChI=1S/C18H16FINO.C2H3NO3S.Li/c1-3-14-8-15(19)9-18-17(14)11-20(12-21-18)10-13-4-6-16(22-2)7-5-13;1-2(4)3-7(5)6;/h3-8,11H,1,10,12H2,2H3;1H2,(H,3,4,5,6);/q-1;-2;+1. The Kier molecular flexibility index (Phi) is 11.2. The minimum atomic E-state index is -2.51. The van der Waals surface area contributed by atoms with Crippen molar-refractivity contribution in [2.45, 2.75) is 4.43 Å². The molecule has 1 aliphatic rings. The number of rotatable bonds is 5. The molecule has 156 valence electrons. The molecule has 0 unspecified atom stereocenters. The van der Waals surface area contributed by atoms with Crippen LogP contribution in [0.5, 0.6) is 5.75 Å². The number of alkyl halides is 2. The molecule has 1 aliphatic heterocycles. The number of carbonyl (C=O) groups is 1. The Morgan fingerprint density at radius 1 is 1.43 bits per heavy atom. The average Bonchev–Trinajstić information content (AvgIpc) is 2.67. The SMILES string of the molecule is C=Cc1cc(F)[c-]c2c1=CI(Cc1ccc(OC)cc1)CN=2.[CH2-]C(=O)N[S-](=O)=O.[Li+]. The third kappa shape index (κ3) is 8.14. The van der Waals surface area contributed by atoms with E-state index in [-0.39, 0.29) is 24.7 Å². The number of hydrogen-bond donors (Lipinski definition) is 1. The van der Waals surface area contributed by atoms with Gasteiger partial charge < -0.3 is 24.9 Å². The molecule has 0 atom stereocenters. The summed E-state index contributed by atoms with van der Waals surface area (Å²) in [5.41, 5.74) is 2.11. The molecular formula is C20H19FILiN2O4S-2. The number of nitrogens with zero attached hydrogens (tertiary/aromatic N) is 1. The number of fused-ring (bicyclic) bond motifs is 1. The van der Waals surface area contributed by atoms with Crippen LogP contribution in [0.25, 0.3) is 10.2 Å². The van der Waals surface area contributed by atoms with Gasteiger partial charge in [-0.2, -0.15) is 0 Å². The molecule has 0 bridgehead atoms. The van der Waals surface area contributed by atoms with Gasteiger partial charge in [0.25, 0.3) is 0 Å². The van der Waals surface area contributed by atoms with E-state index in [4.69, 9.17) is 4.74 Å². The topological polar surface area (TPSA) is 84.8 Å². The van der Waals surface area contributed by atoms with Gasteiger partial charge in [0, 0.05) is 10.9 Å². The summed E-state index contributed by atoms with van der Waals surface area (Å²) < 4.78 is 43.2. The predicted molar refractivity (Wildman–Crippen MR) is 118 cm³/mol. The van der Waals surface area contributed by atoms with Crippen LogP contribution in [0.1, 0.15) is 11.1 Å². The molecule has 6 nitrogen and oxygen atoms in total. The Hall–Kier alpha value is -1.80. The fourth-order valence-electron chi connectivity index (χ4n) is 2.39. The number of amides is 1. The van der Waals surface area contributed by atoms with Crippen molar-refractivity contribution in [1.29, 1.82) is 0 Å². The number of benzene rings is 2. The average molecular weight is 536 g/mol.